The molecule has 0 saturated carbocycles. The fourth-order valence-electron chi connectivity index (χ4n) is 3.46. The molecule has 6 nitrogen and oxygen atoms in total. The SMILES string of the molecule is Cc1ccc2cc(S(=O)(=O)N[C@H]3CCN(Cc4cccc(C#N)c4)C3=O)sc2c1. The quantitative estimate of drug-likeness (QED) is 0.680. The number of likely N-dealkylation sites (tertiary alicyclic amines) is 1. The largest absolute Gasteiger partial charge is 0.337 e. The Morgan fingerprint density at radius 3 is 2.86 bits per heavy atom. The first-order valence-electron chi connectivity index (χ1n) is 9.16. The van der Waals surface area contributed by atoms with Crippen LogP contribution in [-0.4, -0.2) is 31.8 Å². The lowest BCUT2D eigenvalue weighted by Gasteiger charge is -2.17. The fraction of sp³-hybridized carbons (Fsp3) is 0.238. The number of benzene rings is 2. The predicted molar refractivity (Wildman–Crippen MR) is 112 cm³/mol. The van der Waals surface area contributed by atoms with Gasteiger partial charge < -0.3 is 4.90 Å². The average Bonchev–Trinajstić information content (AvgIpc) is 3.27. The van der Waals surface area contributed by atoms with Gasteiger partial charge in [-0.1, -0.05) is 24.3 Å². The molecular weight excluding hydrogens is 406 g/mol. The van der Waals surface area contributed by atoms with Crippen LogP contribution in [0, 0.1) is 18.3 Å². The van der Waals surface area contributed by atoms with Gasteiger partial charge in [-0.3, -0.25) is 4.79 Å². The first-order valence-corrected chi connectivity index (χ1v) is 11.5. The maximum absolute atomic E-state index is 12.8. The summed E-state index contributed by atoms with van der Waals surface area (Å²) in [6.07, 6.45) is 0.417. The average molecular weight is 426 g/mol. The molecule has 0 spiro atoms. The van der Waals surface area contributed by atoms with E-state index < -0.39 is 16.1 Å². The van der Waals surface area contributed by atoms with E-state index in [1.165, 1.54) is 11.3 Å². The summed E-state index contributed by atoms with van der Waals surface area (Å²) in [5.74, 6) is -0.243. The summed E-state index contributed by atoms with van der Waals surface area (Å²) in [5, 5.41) is 9.89. The van der Waals surface area contributed by atoms with Crippen molar-refractivity contribution < 1.29 is 13.2 Å². The molecule has 0 radical (unpaired) electrons. The molecule has 0 bridgehead atoms. The molecule has 1 N–H and O–H groups in total. The van der Waals surface area contributed by atoms with E-state index in [0.29, 0.717) is 25.1 Å². The summed E-state index contributed by atoms with van der Waals surface area (Å²) in [6.45, 7) is 2.78. The zero-order valence-corrected chi connectivity index (χ0v) is 17.4. The van der Waals surface area contributed by atoms with Gasteiger partial charge in [-0.05, 0) is 54.1 Å². The lowest BCUT2D eigenvalue weighted by atomic mass is 10.1. The number of hydrogen-bond donors (Lipinski definition) is 1. The van der Waals surface area contributed by atoms with Crippen molar-refractivity contribution in [1.29, 1.82) is 5.26 Å². The van der Waals surface area contributed by atoms with E-state index in [-0.39, 0.29) is 10.1 Å². The number of sulfonamides is 1. The van der Waals surface area contributed by atoms with E-state index in [9.17, 15) is 13.2 Å². The molecule has 1 aliphatic rings. The molecule has 1 saturated heterocycles. The number of aryl methyl sites for hydroxylation is 1. The van der Waals surface area contributed by atoms with Crippen LogP contribution in [0.3, 0.4) is 0 Å². The first-order chi connectivity index (χ1) is 13.9. The number of fused-ring (bicyclic) bond motifs is 1. The minimum atomic E-state index is -3.78. The van der Waals surface area contributed by atoms with Gasteiger partial charge in [-0.25, -0.2) is 8.42 Å². The molecule has 1 fully saturated rings. The van der Waals surface area contributed by atoms with Crippen LogP contribution in [0.5, 0.6) is 0 Å². The second-order valence-electron chi connectivity index (χ2n) is 7.14. The molecule has 4 rings (SSSR count). The smallest absolute Gasteiger partial charge is 0.250 e. The highest BCUT2D eigenvalue weighted by molar-refractivity contribution is 7.91. The molecule has 0 aliphatic carbocycles. The topological polar surface area (TPSA) is 90.3 Å². The Bertz CT molecular complexity index is 1240. The van der Waals surface area contributed by atoms with Gasteiger partial charge in [0.25, 0.3) is 10.0 Å². The van der Waals surface area contributed by atoms with Gasteiger partial charge in [0.1, 0.15) is 10.3 Å². The highest BCUT2D eigenvalue weighted by Crippen LogP contribution is 2.30. The Morgan fingerprint density at radius 1 is 1.24 bits per heavy atom. The van der Waals surface area contributed by atoms with E-state index in [1.807, 2.05) is 31.2 Å². The van der Waals surface area contributed by atoms with Gasteiger partial charge in [-0.2, -0.15) is 9.98 Å². The van der Waals surface area contributed by atoms with Crippen LogP contribution in [0.4, 0.5) is 0 Å². The lowest BCUT2D eigenvalue weighted by molar-refractivity contribution is -0.129. The normalized spacial score (nSPS) is 17.0. The Labute approximate surface area is 173 Å². The Kier molecular flexibility index (Phi) is 5.13. The molecule has 1 atom stereocenters. The Balaban J connectivity index is 1.48. The minimum absolute atomic E-state index is 0.214. The highest BCUT2D eigenvalue weighted by Gasteiger charge is 2.35. The van der Waals surface area contributed by atoms with Crippen LogP contribution >= 0.6 is 11.3 Å². The standard InChI is InChI=1S/C21H19N3O3S2/c1-14-5-6-17-11-20(28-19(17)9-14)29(26,27)23-18-7-8-24(21(18)25)13-16-4-2-3-15(10-16)12-22/h2-6,9-11,18,23H,7-8,13H2,1H3/t18-/m0/s1. The van der Waals surface area contributed by atoms with Crippen molar-refractivity contribution in [3.63, 3.8) is 0 Å². The molecule has 1 aliphatic heterocycles. The fourth-order valence-corrected chi connectivity index (χ4v) is 6.19. The third kappa shape index (κ3) is 4.03. The number of amides is 1. The van der Waals surface area contributed by atoms with Crippen LogP contribution in [0.2, 0.25) is 0 Å². The maximum atomic E-state index is 12.8. The number of rotatable bonds is 5. The number of thiophene rings is 1. The van der Waals surface area contributed by atoms with E-state index in [0.717, 1.165) is 21.2 Å². The number of nitrogens with zero attached hydrogens (tertiary/aromatic N) is 2. The molecule has 2 aromatic carbocycles. The van der Waals surface area contributed by atoms with E-state index in [4.69, 9.17) is 5.26 Å². The van der Waals surface area contributed by atoms with Crippen molar-refractivity contribution in [2.24, 2.45) is 0 Å². The van der Waals surface area contributed by atoms with Gasteiger partial charge in [0.15, 0.2) is 0 Å². The predicted octanol–water partition coefficient (Wildman–Crippen LogP) is 3.16. The zero-order chi connectivity index (χ0) is 20.6. The van der Waals surface area contributed by atoms with Gasteiger partial charge in [0, 0.05) is 17.8 Å². The summed E-state index contributed by atoms with van der Waals surface area (Å²) in [4.78, 5) is 14.4. The van der Waals surface area contributed by atoms with Gasteiger partial charge >= 0.3 is 0 Å². The summed E-state index contributed by atoms with van der Waals surface area (Å²) in [7, 11) is -3.78. The van der Waals surface area contributed by atoms with Crippen molar-refractivity contribution in [2.75, 3.05) is 6.54 Å². The van der Waals surface area contributed by atoms with Crippen molar-refractivity contribution in [3.8, 4) is 6.07 Å². The molecule has 2 heterocycles. The monoisotopic (exact) mass is 425 g/mol. The second-order valence-corrected chi connectivity index (χ2v) is 10.2. The van der Waals surface area contributed by atoms with Crippen LogP contribution in [0.15, 0.2) is 52.7 Å². The van der Waals surface area contributed by atoms with Gasteiger partial charge in [0.05, 0.1) is 11.6 Å². The Hall–Kier alpha value is -2.73. The summed E-state index contributed by atoms with van der Waals surface area (Å²) < 4.78 is 29.4. The van der Waals surface area contributed by atoms with Crippen molar-refractivity contribution in [3.05, 3.63) is 65.2 Å². The van der Waals surface area contributed by atoms with Crippen LogP contribution in [0.25, 0.3) is 10.1 Å². The molecule has 148 valence electrons. The molecule has 8 heteroatoms. The minimum Gasteiger partial charge on any atom is -0.337 e. The number of carbonyl (C=O) groups excluding carboxylic acids is 1. The summed E-state index contributed by atoms with van der Waals surface area (Å²) in [6, 6.07) is 15.8. The Morgan fingerprint density at radius 2 is 2.07 bits per heavy atom. The second kappa shape index (κ2) is 7.59. The summed E-state index contributed by atoms with van der Waals surface area (Å²) >= 11 is 1.20. The number of nitrogens with one attached hydrogen (secondary N) is 1. The van der Waals surface area contributed by atoms with E-state index in [1.54, 1.807) is 29.2 Å². The number of nitriles is 1. The third-order valence-electron chi connectivity index (χ3n) is 4.94. The van der Waals surface area contributed by atoms with Gasteiger partial charge in [0.2, 0.25) is 5.91 Å². The van der Waals surface area contributed by atoms with Gasteiger partial charge in [-0.15, -0.1) is 11.3 Å². The third-order valence-corrected chi connectivity index (χ3v) is 7.99. The highest BCUT2D eigenvalue weighted by atomic mass is 32.2. The van der Waals surface area contributed by atoms with Crippen molar-refractivity contribution >= 4 is 37.4 Å². The van der Waals surface area contributed by atoms with Crippen LogP contribution in [0.1, 0.15) is 23.1 Å². The molecule has 1 amide bonds. The van der Waals surface area contributed by atoms with Crippen molar-refractivity contribution in [1.82, 2.24) is 9.62 Å². The van der Waals surface area contributed by atoms with Crippen molar-refractivity contribution in [2.45, 2.75) is 30.1 Å². The molecular formula is C21H19N3O3S2. The summed E-state index contributed by atoms with van der Waals surface area (Å²) in [5.41, 5.74) is 2.45. The molecule has 1 aromatic heterocycles. The number of carbonyl (C=O) groups is 1. The van der Waals surface area contributed by atoms with Crippen LogP contribution < -0.4 is 4.72 Å². The van der Waals surface area contributed by atoms with E-state index in [2.05, 4.69) is 10.8 Å². The molecule has 3 aromatic rings. The van der Waals surface area contributed by atoms with Crippen LogP contribution in [-0.2, 0) is 21.4 Å². The molecule has 0 unspecified atom stereocenters. The zero-order valence-electron chi connectivity index (χ0n) is 15.8. The molecule has 29 heavy (non-hydrogen) atoms. The van der Waals surface area contributed by atoms with E-state index >= 15 is 0 Å². The first kappa shape index (κ1) is 19.6. The maximum Gasteiger partial charge on any atom is 0.250 e. The number of hydrogen-bond acceptors (Lipinski definition) is 5. The lowest BCUT2D eigenvalue weighted by Crippen LogP contribution is -2.41.